The lowest BCUT2D eigenvalue weighted by molar-refractivity contribution is 0.0277. The Labute approximate surface area is 167 Å². The summed E-state index contributed by atoms with van der Waals surface area (Å²) in [5.74, 6) is 1.41. The monoisotopic (exact) mass is 473 g/mol. The second-order valence-electron chi connectivity index (χ2n) is 7.07. The van der Waals surface area contributed by atoms with Gasteiger partial charge in [0, 0.05) is 48.0 Å². The van der Waals surface area contributed by atoms with Crippen LogP contribution in [0.2, 0.25) is 0 Å². The van der Waals surface area contributed by atoms with Crippen LogP contribution in [-0.2, 0) is 15.5 Å². The molecule has 7 heteroatoms. The summed E-state index contributed by atoms with van der Waals surface area (Å²) in [5.41, 5.74) is 0. The zero-order valence-corrected chi connectivity index (χ0v) is 18.9. The van der Waals surface area contributed by atoms with Crippen molar-refractivity contribution >= 4 is 40.7 Å². The molecule has 0 amide bonds. The molecule has 144 valence electrons. The maximum atomic E-state index is 12.0. The Bertz CT molecular complexity index is 381. The third-order valence-electron chi connectivity index (χ3n) is 4.01. The lowest BCUT2D eigenvalue weighted by Crippen LogP contribution is -2.41. The minimum absolute atomic E-state index is 0. The molecule has 1 aliphatic carbocycles. The summed E-state index contributed by atoms with van der Waals surface area (Å²) >= 11 is 0. The van der Waals surface area contributed by atoms with Crippen molar-refractivity contribution in [3.8, 4) is 0 Å². The first kappa shape index (κ1) is 24.1. The molecule has 5 nitrogen and oxygen atoms in total. The van der Waals surface area contributed by atoms with E-state index in [1.54, 1.807) is 7.05 Å². The molecule has 24 heavy (non-hydrogen) atoms. The van der Waals surface area contributed by atoms with Crippen LogP contribution >= 0.6 is 24.0 Å². The van der Waals surface area contributed by atoms with Crippen LogP contribution in [-0.4, -0.2) is 53.5 Å². The molecule has 0 radical (unpaired) electrons. The summed E-state index contributed by atoms with van der Waals surface area (Å²) in [4.78, 5) is 4.19. The molecule has 0 bridgehead atoms. The minimum Gasteiger partial charge on any atom is -0.378 e. The summed E-state index contributed by atoms with van der Waals surface area (Å²) in [7, 11) is 0.926. The van der Waals surface area contributed by atoms with Crippen molar-refractivity contribution in [2.45, 2.75) is 70.1 Å². The Morgan fingerprint density at radius 1 is 1.17 bits per heavy atom. The second-order valence-corrected chi connectivity index (χ2v) is 9.40. The van der Waals surface area contributed by atoms with Gasteiger partial charge in [0.25, 0.3) is 0 Å². The summed E-state index contributed by atoms with van der Waals surface area (Å²) < 4.78 is 17.7. The summed E-state index contributed by atoms with van der Waals surface area (Å²) in [5, 5.41) is 6.50. The maximum absolute atomic E-state index is 12.0. The number of halogens is 1. The lowest BCUT2D eigenvalue weighted by Gasteiger charge is -2.22. The highest BCUT2D eigenvalue weighted by Gasteiger charge is 2.18. The zero-order chi connectivity index (χ0) is 17.1. The topological polar surface area (TPSA) is 62.7 Å². The van der Waals surface area contributed by atoms with Gasteiger partial charge in [-0.2, -0.15) is 0 Å². The van der Waals surface area contributed by atoms with Gasteiger partial charge in [0.05, 0.1) is 6.10 Å². The zero-order valence-electron chi connectivity index (χ0n) is 15.7. The molecule has 1 atom stereocenters. The first-order valence-corrected chi connectivity index (χ1v) is 10.2. The lowest BCUT2D eigenvalue weighted by atomic mass is 9.98. The second kappa shape index (κ2) is 13.3. The van der Waals surface area contributed by atoms with Crippen LogP contribution in [0.15, 0.2) is 4.99 Å². The van der Waals surface area contributed by atoms with Gasteiger partial charge in [-0.15, -0.1) is 24.0 Å². The quantitative estimate of drug-likeness (QED) is 0.246. The smallest absolute Gasteiger partial charge is 0.191 e. The van der Waals surface area contributed by atoms with E-state index in [9.17, 15) is 4.21 Å². The molecule has 2 N–H and O–H groups in total. The van der Waals surface area contributed by atoms with Crippen LogP contribution < -0.4 is 10.6 Å². The molecular weight excluding hydrogens is 437 g/mol. The van der Waals surface area contributed by atoms with Crippen molar-refractivity contribution in [3.05, 3.63) is 0 Å². The molecule has 0 aromatic carbocycles. The van der Waals surface area contributed by atoms with Gasteiger partial charge in [0.1, 0.15) is 0 Å². The Kier molecular flexibility index (Phi) is 13.4. The average Bonchev–Trinajstić information content (AvgIpc) is 2.52. The molecule has 1 aliphatic rings. The number of ether oxygens (including phenoxy) is 1. The van der Waals surface area contributed by atoms with Gasteiger partial charge in [-0.3, -0.25) is 9.20 Å². The van der Waals surface area contributed by atoms with Crippen molar-refractivity contribution < 1.29 is 8.95 Å². The average molecular weight is 473 g/mol. The number of aliphatic imine (C=N–C) groups is 1. The Morgan fingerprint density at radius 2 is 1.79 bits per heavy atom. The van der Waals surface area contributed by atoms with E-state index in [-0.39, 0.29) is 28.7 Å². The van der Waals surface area contributed by atoms with Crippen LogP contribution in [0.1, 0.15) is 59.3 Å². The number of guanidine groups is 1. The van der Waals surface area contributed by atoms with Crippen LogP contribution in [0.4, 0.5) is 0 Å². The molecule has 1 saturated carbocycles. The first-order valence-electron chi connectivity index (χ1n) is 8.88. The van der Waals surface area contributed by atoms with Crippen molar-refractivity contribution in [2.75, 3.05) is 32.5 Å². The summed E-state index contributed by atoms with van der Waals surface area (Å²) in [6.45, 7) is 8.33. The SMILES string of the molecule is CN=C(NCCCOC1CCCCC1)NCCS(=O)C(C)(C)C.I. The van der Waals surface area contributed by atoms with Gasteiger partial charge < -0.3 is 15.4 Å². The molecular formula is C17H36IN3O2S. The normalized spacial score (nSPS) is 17.9. The Morgan fingerprint density at radius 3 is 2.38 bits per heavy atom. The molecule has 1 fully saturated rings. The summed E-state index contributed by atoms with van der Waals surface area (Å²) in [6, 6.07) is 0. The van der Waals surface area contributed by atoms with Gasteiger partial charge in [-0.05, 0) is 40.0 Å². The van der Waals surface area contributed by atoms with E-state index in [2.05, 4.69) is 15.6 Å². The Hall–Kier alpha value is 0.110. The van der Waals surface area contributed by atoms with Crippen LogP contribution in [0, 0.1) is 0 Å². The number of nitrogens with zero attached hydrogens (tertiary/aromatic N) is 1. The van der Waals surface area contributed by atoms with E-state index in [1.165, 1.54) is 32.1 Å². The predicted octanol–water partition coefficient (Wildman–Crippen LogP) is 3.06. The minimum atomic E-state index is -0.833. The largest absolute Gasteiger partial charge is 0.378 e. The number of hydrogen-bond acceptors (Lipinski definition) is 3. The van der Waals surface area contributed by atoms with Gasteiger partial charge in [0.15, 0.2) is 5.96 Å². The summed E-state index contributed by atoms with van der Waals surface area (Å²) in [6.07, 6.45) is 7.90. The van der Waals surface area contributed by atoms with Gasteiger partial charge in [-0.1, -0.05) is 19.3 Å². The number of rotatable bonds is 8. The van der Waals surface area contributed by atoms with E-state index in [1.807, 2.05) is 20.8 Å². The third kappa shape index (κ3) is 10.9. The molecule has 0 saturated heterocycles. The van der Waals surface area contributed by atoms with Crippen molar-refractivity contribution in [2.24, 2.45) is 4.99 Å². The number of nitrogens with one attached hydrogen (secondary N) is 2. The van der Waals surface area contributed by atoms with Crippen molar-refractivity contribution in [3.63, 3.8) is 0 Å². The van der Waals surface area contributed by atoms with E-state index < -0.39 is 10.8 Å². The predicted molar refractivity (Wildman–Crippen MR) is 115 cm³/mol. The molecule has 0 spiro atoms. The molecule has 0 aliphatic heterocycles. The van der Waals surface area contributed by atoms with Gasteiger partial charge in [-0.25, -0.2) is 0 Å². The molecule has 0 aromatic rings. The molecule has 0 heterocycles. The fraction of sp³-hybridized carbons (Fsp3) is 0.941. The first-order chi connectivity index (χ1) is 10.9. The highest BCUT2D eigenvalue weighted by Crippen LogP contribution is 2.20. The standard InChI is InChI=1S/C17H35N3O2S.HI/c1-17(2,3)23(21)14-12-20-16(18-4)19-11-8-13-22-15-9-6-5-7-10-15;/h15H,5-14H2,1-4H3,(H2,18,19,20);1H. The third-order valence-corrected chi connectivity index (χ3v) is 5.95. The highest BCUT2D eigenvalue weighted by atomic mass is 127. The fourth-order valence-corrected chi connectivity index (χ4v) is 3.45. The van der Waals surface area contributed by atoms with Crippen molar-refractivity contribution in [1.82, 2.24) is 10.6 Å². The van der Waals surface area contributed by atoms with Gasteiger partial charge >= 0.3 is 0 Å². The fourth-order valence-electron chi connectivity index (χ4n) is 2.55. The van der Waals surface area contributed by atoms with Crippen LogP contribution in [0.3, 0.4) is 0 Å². The highest BCUT2D eigenvalue weighted by molar-refractivity contribution is 14.0. The maximum Gasteiger partial charge on any atom is 0.191 e. The van der Waals surface area contributed by atoms with Crippen LogP contribution in [0.25, 0.3) is 0 Å². The van der Waals surface area contributed by atoms with Gasteiger partial charge in [0.2, 0.25) is 0 Å². The van der Waals surface area contributed by atoms with E-state index in [0.717, 1.165) is 25.5 Å². The molecule has 1 rings (SSSR count). The van der Waals surface area contributed by atoms with E-state index in [0.29, 0.717) is 18.4 Å². The molecule has 1 unspecified atom stereocenters. The van der Waals surface area contributed by atoms with E-state index >= 15 is 0 Å². The van der Waals surface area contributed by atoms with Crippen molar-refractivity contribution in [1.29, 1.82) is 0 Å². The number of hydrogen-bond donors (Lipinski definition) is 2. The Balaban J connectivity index is 0.00000529. The van der Waals surface area contributed by atoms with E-state index in [4.69, 9.17) is 4.74 Å². The van der Waals surface area contributed by atoms with Crippen LogP contribution in [0.5, 0.6) is 0 Å². The molecule has 0 aromatic heterocycles.